The lowest BCUT2D eigenvalue weighted by molar-refractivity contribution is -0.124. The highest BCUT2D eigenvalue weighted by Crippen LogP contribution is 2.20. The van der Waals surface area contributed by atoms with Crippen molar-refractivity contribution >= 4 is 28.5 Å². The Kier molecular flexibility index (Phi) is 5.51. The van der Waals surface area contributed by atoms with Crippen LogP contribution in [0.1, 0.15) is 26.3 Å². The summed E-state index contributed by atoms with van der Waals surface area (Å²) in [5.74, 6) is 0.465. The molecule has 0 bridgehead atoms. The van der Waals surface area contributed by atoms with Crippen LogP contribution in [0, 0.1) is 5.92 Å². The first-order valence-corrected chi connectivity index (χ1v) is 7.71. The molecule has 3 N–H and O–H groups in total. The number of carbonyl (C=O) groups is 2. The lowest BCUT2D eigenvalue weighted by Gasteiger charge is -2.11. The van der Waals surface area contributed by atoms with Crippen molar-refractivity contribution in [2.45, 2.75) is 27.3 Å². The van der Waals surface area contributed by atoms with Crippen LogP contribution >= 0.6 is 0 Å². The lowest BCUT2D eigenvalue weighted by atomic mass is 10.1. The van der Waals surface area contributed by atoms with Crippen molar-refractivity contribution < 1.29 is 9.59 Å². The number of rotatable bonds is 5. The molecule has 3 amide bonds. The quantitative estimate of drug-likeness (QED) is 0.793. The normalized spacial score (nSPS) is 10.6. The van der Waals surface area contributed by atoms with Crippen LogP contribution in [-0.4, -0.2) is 23.5 Å². The van der Waals surface area contributed by atoms with E-state index >= 15 is 0 Å². The van der Waals surface area contributed by atoms with Gasteiger partial charge in [-0.3, -0.25) is 10.1 Å². The van der Waals surface area contributed by atoms with Gasteiger partial charge in [0, 0.05) is 30.6 Å². The first kappa shape index (κ1) is 16.7. The molecule has 23 heavy (non-hydrogen) atoms. The van der Waals surface area contributed by atoms with Gasteiger partial charge in [0.1, 0.15) is 5.82 Å². The van der Waals surface area contributed by atoms with Crippen molar-refractivity contribution in [3.05, 3.63) is 36.0 Å². The van der Waals surface area contributed by atoms with Gasteiger partial charge in [-0.2, -0.15) is 0 Å². The largest absolute Gasteiger partial charge is 0.352 e. The molecule has 0 aliphatic carbocycles. The van der Waals surface area contributed by atoms with Crippen LogP contribution in [0.25, 0.3) is 10.8 Å². The molecule has 0 saturated carbocycles. The maximum absolute atomic E-state index is 11.7. The van der Waals surface area contributed by atoms with Gasteiger partial charge in [0.2, 0.25) is 5.91 Å². The monoisotopic (exact) mass is 314 g/mol. The number of anilines is 1. The van der Waals surface area contributed by atoms with E-state index in [1.165, 1.54) is 0 Å². The number of aromatic nitrogens is 1. The fourth-order valence-corrected chi connectivity index (χ4v) is 2.16. The van der Waals surface area contributed by atoms with Crippen LogP contribution in [0.3, 0.4) is 0 Å². The molecule has 6 nitrogen and oxygen atoms in total. The lowest BCUT2D eigenvalue weighted by Crippen LogP contribution is -2.28. The summed E-state index contributed by atoms with van der Waals surface area (Å²) in [6.07, 6.45) is 1.72. The Hall–Kier alpha value is -2.63. The van der Waals surface area contributed by atoms with Crippen molar-refractivity contribution in [3.8, 4) is 0 Å². The fourth-order valence-electron chi connectivity index (χ4n) is 2.16. The highest BCUT2D eigenvalue weighted by Gasteiger charge is 2.09. The van der Waals surface area contributed by atoms with E-state index in [0.717, 1.165) is 16.3 Å². The first-order chi connectivity index (χ1) is 11.0. The standard InChI is InChI=1S/C17H22N4O2/c1-4-18-17(23)21-15-8-12-6-5-7-13(14(12)10-19-15)9-20-16(22)11(2)3/h5-8,10-11H,4,9H2,1-3H3,(H,20,22)(H2,18,19,21,23). The Bertz CT molecular complexity index is 713. The highest BCUT2D eigenvalue weighted by atomic mass is 16.2. The van der Waals surface area contributed by atoms with Gasteiger partial charge >= 0.3 is 6.03 Å². The highest BCUT2D eigenvalue weighted by molar-refractivity contribution is 5.92. The van der Waals surface area contributed by atoms with Crippen LogP contribution in [0.4, 0.5) is 10.6 Å². The zero-order chi connectivity index (χ0) is 16.8. The van der Waals surface area contributed by atoms with E-state index < -0.39 is 0 Å². The third kappa shape index (κ3) is 4.42. The molecule has 122 valence electrons. The SMILES string of the molecule is CCNC(=O)Nc1cc2cccc(CNC(=O)C(C)C)c2cn1. The number of benzene rings is 1. The summed E-state index contributed by atoms with van der Waals surface area (Å²) in [4.78, 5) is 27.5. The molecule has 2 aromatic rings. The Labute approximate surface area is 135 Å². The number of carbonyl (C=O) groups excluding carboxylic acids is 2. The number of hydrogen-bond donors (Lipinski definition) is 3. The summed E-state index contributed by atoms with van der Waals surface area (Å²) in [6, 6.07) is 7.38. The Morgan fingerprint density at radius 2 is 2.00 bits per heavy atom. The topological polar surface area (TPSA) is 83.1 Å². The van der Waals surface area contributed by atoms with Gasteiger partial charge in [-0.05, 0) is 23.9 Å². The smallest absolute Gasteiger partial charge is 0.320 e. The summed E-state index contributed by atoms with van der Waals surface area (Å²) in [7, 11) is 0. The average Bonchev–Trinajstić information content (AvgIpc) is 2.52. The first-order valence-electron chi connectivity index (χ1n) is 7.71. The van der Waals surface area contributed by atoms with Crippen LogP contribution in [0.15, 0.2) is 30.5 Å². The molecule has 0 aliphatic rings. The summed E-state index contributed by atoms with van der Waals surface area (Å²) < 4.78 is 0. The number of nitrogens with zero attached hydrogens (tertiary/aromatic N) is 1. The average molecular weight is 314 g/mol. The molecule has 0 aliphatic heterocycles. The second-order valence-electron chi connectivity index (χ2n) is 5.56. The van der Waals surface area contributed by atoms with Gasteiger partial charge < -0.3 is 10.6 Å². The van der Waals surface area contributed by atoms with Gasteiger partial charge in [0.25, 0.3) is 0 Å². The summed E-state index contributed by atoms with van der Waals surface area (Å²) in [5, 5.41) is 10.2. The minimum atomic E-state index is -0.278. The van der Waals surface area contributed by atoms with E-state index in [1.54, 1.807) is 6.20 Å². The zero-order valence-corrected chi connectivity index (χ0v) is 13.6. The molecular weight excluding hydrogens is 292 g/mol. The molecule has 0 radical (unpaired) electrons. The molecule has 1 heterocycles. The number of nitrogens with one attached hydrogen (secondary N) is 3. The fraction of sp³-hybridized carbons (Fsp3) is 0.353. The molecule has 0 fully saturated rings. The minimum Gasteiger partial charge on any atom is -0.352 e. The number of amides is 3. The Morgan fingerprint density at radius 1 is 1.22 bits per heavy atom. The van der Waals surface area contributed by atoms with Gasteiger partial charge in [-0.15, -0.1) is 0 Å². The minimum absolute atomic E-state index is 0.0180. The van der Waals surface area contributed by atoms with Gasteiger partial charge in [-0.25, -0.2) is 9.78 Å². The molecule has 0 spiro atoms. The maximum Gasteiger partial charge on any atom is 0.320 e. The molecule has 1 aromatic carbocycles. The predicted octanol–water partition coefficient (Wildman–Crippen LogP) is 2.65. The third-order valence-electron chi connectivity index (χ3n) is 3.41. The van der Waals surface area contributed by atoms with Crippen LogP contribution in [0.5, 0.6) is 0 Å². The molecule has 0 unspecified atom stereocenters. The van der Waals surface area contributed by atoms with Gasteiger partial charge in [-0.1, -0.05) is 32.0 Å². The summed E-state index contributed by atoms with van der Waals surface area (Å²) >= 11 is 0. The van der Waals surface area contributed by atoms with Crippen molar-refractivity contribution in [2.24, 2.45) is 5.92 Å². The Morgan fingerprint density at radius 3 is 2.70 bits per heavy atom. The van der Waals surface area contributed by atoms with Gasteiger partial charge in [0.05, 0.1) is 0 Å². The van der Waals surface area contributed by atoms with E-state index in [4.69, 9.17) is 0 Å². The summed E-state index contributed by atoms with van der Waals surface area (Å²) in [5.41, 5.74) is 0.994. The molecule has 2 rings (SSSR count). The number of fused-ring (bicyclic) bond motifs is 1. The molecule has 0 saturated heterocycles. The summed E-state index contributed by atoms with van der Waals surface area (Å²) in [6.45, 7) is 6.59. The van der Waals surface area contributed by atoms with Crippen molar-refractivity contribution in [1.29, 1.82) is 0 Å². The molecular formula is C17H22N4O2. The van der Waals surface area contributed by atoms with E-state index in [0.29, 0.717) is 18.9 Å². The Balaban J connectivity index is 2.18. The van der Waals surface area contributed by atoms with Crippen molar-refractivity contribution in [2.75, 3.05) is 11.9 Å². The van der Waals surface area contributed by atoms with E-state index in [9.17, 15) is 9.59 Å². The van der Waals surface area contributed by atoms with E-state index in [2.05, 4.69) is 20.9 Å². The van der Waals surface area contributed by atoms with E-state index in [1.807, 2.05) is 45.0 Å². The maximum atomic E-state index is 11.7. The second kappa shape index (κ2) is 7.58. The third-order valence-corrected chi connectivity index (χ3v) is 3.41. The van der Waals surface area contributed by atoms with Crippen molar-refractivity contribution in [3.63, 3.8) is 0 Å². The molecule has 0 atom stereocenters. The van der Waals surface area contributed by atoms with E-state index in [-0.39, 0.29) is 17.9 Å². The number of hydrogen-bond acceptors (Lipinski definition) is 3. The van der Waals surface area contributed by atoms with Crippen LogP contribution in [-0.2, 0) is 11.3 Å². The molecule has 1 aromatic heterocycles. The number of urea groups is 1. The zero-order valence-electron chi connectivity index (χ0n) is 13.6. The predicted molar refractivity (Wildman–Crippen MR) is 91.1 cm³/mol. The second-order valence-corrected chi connectivity index (χ2v) is 5.56. The van der Waals surface area contributed by atoms with Gasteiger partial charge in [0.15, 0.2) is 0 Å². The van der Waals surface area contributed by atoms with Crippen LogP contribution in [0.2, 0.25) is 0 Å². The number of pyridine rings is 1. The van der Waals surface area contributed by atoms with Crippen LogP contribution < -0.4 is 16.0 Å². The van der Waals surface area contributed by atoms with Crippen molar-refractivity contribution in [1.82, 2.24) is 15.6 Å². The molecule has 6 heteroatoms.